The van der Waals surface area contributed by atoms with Crippen LogP contribution in [0.15, 0.2) is 30.5 Å². The highest BCUT2D eigenvalue weighted by atomic mass is 35.5. The Kier molecular flexibility index (Phi) is 3.61. The van der Waals surface area contributed by atoms with E-state index in [-0.39, 0.29) is 0 Å². The molecule has 2 aromatic heterocycles. The number of pyridine rings is 1. The fourth-order valence-electron chi connectivity index (χ4n) is 2.26. The molecule has 0 aliphatic carbocycles. The van der Waals surface area contributed by atoms with Crippen molar-refractivity contribution in [3.63, 3.8) is 0 Å². The molecule has 1 aromatic carbocycles. The summed E-state index contributed by atoms with van der Waals surface area (Å²) in [4.78, 5) is 4.60. The lowest BCUT2D eigenvalue weighted by molar-refractivity contribution is 0.194. The van der Waals surface area contributed by atoms with Crippen LogP contribution in [0.2, 0.25) is 5.02 Å². The normalized spacial score (nSPS) is 12.8. The minimum atomic E-state index is -0.638. The minimum Gasteiger partial charge on any atom is -0.387 e. The Morgan fingerprint density at radius 1 is 1.33 bits per heavy atom. The van der Waals surface area contributed by atoms with Crippen molar-refractivity contribution in [1.82, 2.24) is 20.0 Å². The summed E-state index contributed by atoms with van der Waals surface area (Å²) in [6.07, 6.45) is 1.06. The van der Waals surface area contributed by atoms with Crippen LogP contribution in [0, 0.1) is 6.92 Å². The highest BCUT2D eigenvalue weighted by Gasteiger charge is 2.12. The van der Waals surface area contributed by atoms with E-state index in [1.807, 2.05) is 31.2 Å². The minimum absolute atomic E-state index is 0.421. The Hall–Kier alpha value is -1.98. The molecule has 1 atom stereocenters. The first kappa shape index (κ1) is 14.0. The predicted octanol–water partition coefficient (Wildman–Crippen LogP) is 2.89. The molecule has 1 unspecified atom stereocenters. The van der Waals surface area contributed by atoms with Gasteiger partial charge in [0.05, 0.1) is 35.1 Å². The van der Waals surface area contributed by atoms with Gasteiger partial charge in [0.15, 0.2) is 0 Å². The number of hydrogen-bond donors (Lipinski definition) is 1. The topological polar surface area (TPSA) is 63.8 Å². The van der Waals surface area contributed by atoms with Crippen LogP contribution < -0.4 is 0 Å². The number of halogens is 1. The quantitative estimate of drug-likeness (QED) is 0.808. The number of fused-ring (bicyclic) bond motifs is 1. The van der Waals surface area contributed by atoms with Crippen molar-refractivity contribution in [2.24, 2.45) is 0 Å². The largest absolute Gasteiger partial charge is 0.387 e. The van der Waals surface area contributed by atoms with Crippen molar-refractivity contribution in [3.8, 4) is 0 Å². The number of nitrogens with zero attached hydrogens (tertiary/aromatic N) is 4. The second-order valence-electron chi connectivity index (χ2n) is 5.03. The number of para-hydroxylation sites is 1. The van der Waals surface area contributed by atoms with Crippen LogP contribution in [0.1, 0.15) is 30.0 Å². The molecule has 5 nitrogen and oxygen atoms in total. The molecular formula is C15H15ClN4O. The van der Waals surface area contributed by atoms with E-state index in [4.69, 9.17) is 11.6 Å². The third-order valence-corrected chi connectivity index (χ3v) is 3.94. The third kappa shape index (κ3) is 2.62. The zero-order valence-electron chi connectivity index (χ0n) is 11.8. The standard InChI is InChI=1S/C15H15ClN4O/c1-9-11-5-3-4-6-12(11)17-14(15(9)16)8-20-7-13(10(2)21)18-19-20/h3-7,10,21H,8H2,1-2H3. The maximum absolute atomic E-state index is 9.49. The van der Waals surface area contributed by atoms with Gasteiger partial charge in [-0.1, -0.05) is 35.0 Å². The Balaban J connectivity index is 2.01. The maximum Gasteiger partial charge on any atom is 0.111 e. The summed E-state index contributed by atoms with van der Waals surface area (Å²) in [6, 6.07) is 7.89. The molecule has 0 saturated heterocycles. The van der Waals surface area contributed by atoms with E-state index >= 15 is 0 Å². The summed E-state index contributed by atoms with van der Waals surface area (Å²) in [5, 5.41) is 19.1. The summed E-state index contributed by atoms with van der Waals surface area (Å²) in [5.41, 5.74) is 3.19. The van der Waals surface area contributed by atoms with Crippen LogP contribution in [0.5, 0.6) is 0 Å². The first-order valence-electron chi connectivity index (χ1n) is 6.68. The van der Waals surface area contributed by atoms with Gasteiger partial charge in [-0.3, -0.25) is 0 Å². The molecule has 0 aliphatic rings. The van der Waals surface area contributed by atoms with E-state index in [2.05, 4.69) is 15.3 Å². The number of hydrogen-bond acceptors (Lipinski definition) is 4. The van der Waals surface area contributed by atoms with Crippen LogP contribution in [-0.4, -0.2) is 25.1 Å². The SMILES string of the molecule is Cc1c(Cl)c(Cn2cc(C(C)O)nn2)nc2ccccc12. The van der Waals surface area contributed by atoms with Crippen LogP contribution >= 0.6 is 11.6 Å². The maximum atomic E-state index is 9.49. The summed E-state index contributed by atoms with van der Waals surface area (Å²) in [5.74, 6) is 0. The molecule has 0 radical (unpaired) electrons. The molecule has 0 bridgehead atoms. The van der Waals surface area contributed by atoms with Crippen molar-refractivity contribution in [2.75, 3.05) is 0 Å². The monoisotopic (exact) mass is 302 g/mol. The summed E-state index contributed by atoms with van der Waals surface area (Å²) in [7, 11) is 0. The van der Waals surface area contributed by atoms with Gasteiger partial charge >= 0.3 is 0 Å². The Morgan fingerprint density at radius 3 is 2.81 bits per heavy atom. The molecule has 108 valence electrons. The van der Waals surface area contributed by atoms with Gasteiger partial charge in [-0.05, 0) is 25.5 Å². The van der Waals surface area contributed by atoms with Crippen molar-refractivity contribution >= 4 is 22.5 Å². The molecule has 0 aliphatic heterocycles. The summed E-state index contributed by atoms with van der Waals surface area (Å²) in [6.45, 7) is 4.06. The first-order valence-corrected chi connectivity index (χ1v) is 7.06. The van der Waals surface area contributed by atoms with Gasteiger partial charge in [0, 0.05) is 5.39 Å². The molecule has 0 amide bonds. The third-order valence-electron chi connectivity index (χ3n) is 3.44. The van der Waals surface area contributed by atoms with Gasteiger partial charge in [-0.25, -0.2) is 9.67 Å². The molecule has 21 heavy (non-hydrogen) atoms. The van der Waals surface area contributed by atoms with Gasteiger partial charge in [0.2, 0.25) is 0 Å². The van der Waals surface area contributed by atoms with Crippen molar-refractivity contribution < 1.29 is 5.11 Å². The van der Waals surface area contributed by atoms with Gasteiger partial charge in [0.25, 0.3) is 0 Å². The molecular weight excluding hydrogens is 288 g/mol. The Morgan fingerprint density at radius 2 is 2.10 bits per heavy atom. The second kappa shape index (κ2) is 5.42. The molecule has 0 spiro atoms. The van der Waals surface area contributed by atoms with Crippen molar-refractivity contribution in [2.45, 2.75) is 26.5 Å². The van der Waals surface area contributed by atoms with Crippen molar-refractivity contribution in [1.29, 1.82) is 0 Å². The summed E-state index contributed by atoms with van der Waals surface area (Å²) >= 11 is 6.42. The molecule has 3 aromatic rings. The number of aryl methyl sites for hydroxylation is 1. The lowest BCUT2D eigenvalue weighted by Crippen LogP contribution is -2.05. The Labute approximate surface area is 127 Å². The zero-order chi connectivity index (χ0) is 15.0. The molecule has 6 heteroatoms. The van der Waals surface area contributed by atoms with E-state index in [0.29, 0.717) is 17.3 Å². The van der Waals surface area contributed by atoms with Crippen LogP contribution in [0.3, 0.4) is 0 Å². The summed E-state index contributed by atoms with van der Waals surface area (Å²) < 4.78 is 1.63. The van der Waals surface area contributed by atoms with E-state index in [1.54, 1.807) is 17.8 Å². The van der Waals surface area contributed by atoms with Gasteiger partial charge in [-0.15, -0.1) is 5.10 Å². The average Bonchev–Trinajstić information content (AvgIpc) is 2.93. The predicted molar refractivity (Wildman–Crippen MR) is 81.2 cm³/mol. The van der Waals surface area contributed by atoms with Crippen LogP contribution in [0.25, 0.3) is 10.9 Å². The van der Waals surface area contributed by atoms with Gasteiger partial charge < -0.3 is 5.11 Å². The number of aliphatic hydroxyl groups is 1. The smallest absolute Gasteiger partial charge is 0.111 e. The average molecular weight is 303 g/mol. The molecule has 1 N–H and O–H groups in total. The number of aliphatic hydroxyl groups excluding tert-OH is 1. The zero-order valence-corrected chi connectivity index (χ0v) is 12.5. The highest BCUT2D eigenvalue weighted by Crippen LogP contribution is 2.27. The van der Waals surface area contributed by atoms with Crippen LogP contribution in [0.4, 0.5) is 0 Å². The fraction of sp³-hybridized carbons (Fsp3) is 0.267. The van der Waals surface area contributed by atoms with Gasteiger partial charge in [0.1, 0.15) is 5.69 Å². The Bertz CT molecular complexity index is 797. The van der Waals surface area contributed by atoms with Crippen LogP contribution in [-0.2, 0) is 6.54 Å². The second-order valence-corrected chi connectivity index (χ2v) is 5.41. The van der Waals surface area contributed by atoms with E-state index in [1.165, 1.54) is 0 Å². The molecule has 2 heterocycles. The molecule has 3 rings (SSSR count). The van der Waals surface area contributed by atoms with E-state index in [0.717, 1.165) is 22.2 Å². The van der Waals surface area contributed by atoms with E-state index < -0.39 is 6.10 Å². The van der Waals surface area contributed by atoms with E-state index in [9.17, 15) is 5.11 Å². The lowest BCUT2D eigenvalue weighted by Gasteiger charge is -2.09. The number of rotatable bonds is 3. The van der Waals surface area contributed by atoms with Crippen molar-refractivity contribution in [3.05, 3.63) is 52.4 Å². The molecule has 0 saturated carbocycles. The number of benzene rings is 1. The van der Waals surface area contributed by atoms with Gasteiger partial charge in [-0.2, -0.15) is 0 Å². The highest BCUT2D eigenvalue weighted by molar-refractivity contribution is 6.32. The number of aromatic nitrogens is 4. The fourth-order valence-corrected chi connectivity index (χ4v) is 2.46. The molecule has 0 fully saturated rings. The lowest BCUT2D eigenvalue weighted by atomic mass is 10.1. The first-order chi connectivity index (χ1) is 10.1.